The van der Waals surface area contributed by atoms with Gasteiger partial charge in [-0.25, -0.2) is 0 Å². The number of benzene rings is 8. The molecule has 0 aliphatic carbocycles. The summed E-state index contributed by atoms with van der Waals surface area (Å²) in [6.45, 7) is 0. The van der Waals surface area contributed by atoms with Crippen LogP contribution in [-0.2, 0) is 0 Å². The van der Waals surface area contributed by atoms with E-state index in [0.29, 0.717) is 0 Å². The molecule has 0 heteroatoms. The Kier molecular flexibility index (Phi) is 4.62. The summed E-state index contributed by atoms with van der Waals surface area (Å²) in [7, 11) is 0. The summed E-state index contributed by atoms with van der Waals surface area (Å²) in [6, 6.07) is 53.4. The van der Waals surface area contributed by atoms with Crippen LogP contribution in [0.1, 0.15) is 0 Å². The zero-order chi connectivity index (χ0) is 25.1. The first-order valence-corrected chi connectivity index (χ1v) is 13.2. The second kappa shape index (κ2) is 8.30. The number of rotatable bonds is 2. The molecule has 0 radical (unpaired) electrons. The first-order valence-electron chi connectivity index (χ1n) is 13.2. The second-order valence-corrected chi connectivity index (χ2v) is 10.1. The maximum absolute atomic E-state index is 2.34. The molecule has 8 rings (SSSR count). The van der Waals surface area contributed by atoms with E-state index >= 15 is 0 Å². The monoisotopic (exact) mass is 480 g/mol. The van der Waals surface area contributed by atoms with E-state index in [1.165, 1.54) is 76.1 Å². The highest BCUT2D eigenvalue weighted by molar-refractivity contribution is 6.20. The van der Waals surface area contributed by atoms with Crippen molar-refractivity contribution in [3.63, 3.8) is 0 Å². The zero-order valence-electron chi connectivity index (χ0n) is 20.9. The maximum Gasteiger partial charge on any atom is -0.00201 e. The van der Waals surface area contributed by atoms with Crippen molar-refractivity contribution in [2.24, 2.45) is 0 Å². The quantitative estimate of drug-likeness (QED) is 0.216. The molecule has 0 aromatic heterocycles. The Hall–Kier alpha value is -4.94. The molecule has 0 saturated carbocycles. The molecular formula is C38H24. The van der Waals surface area contributed by atoms with Gasteiger partial charge in [0, 0.05) is 0 Å². The van der Waals surface area contributed by atoms with E-state index in [1.54, 1.807) is 0 Å². The molecule has 0 saturated heterocycles. The average molecular weight is 481 g/mol. The minimum absolute atomic E-state index is 1.26. The Morgan fingerprint density at radius 3 is 1.42 bits per heavy atom. The highest BCUT2D eigenvalue weighted by atomic mass is 14.2. The summed E-state index contributed by atoms with van der Waals surface area (Å²) in [4.78, 5) is 0. The summed E-state index contributed by atoms with van der Waals surface area (Å²) in [5.74, 6) is 0. The molecule has 0 spiro atoms. The van der Waals surface area contributed by atoms with Crippen LogP contribution < -0.4 is 0 Å². The molecule has 0 aliphatic heterocycles. The molecule has 8 aromatic rings. The summed E-state index contributed by atoms with van der Waals surface area (Å²) < 4.78 is 0. The van der Waals surface area contributed by atoms with Crippen LogP contribution >= 0.6 is 0 Å². The van der Waals surface area contributed by atoms with Gasteiger partial charge in [0.05, 0.1) is 0 Å². The lowest BCUT2D eigenvalue weighted by Gasteiger charge is -2.19. The van der Waals surface area contributed by atoms with Crippen LogP contribution in [0.25, 0.3) is 76.1 Å². The molecule has 0 nitrogen and oxygen atoms in total. The van der Waals surface area contributed by atoms with Gasteiger partial charge in [0.15, 0.2) is 0 Å². The summed E-state index contributed by atoms with van der Waals surface area (Å²) in [5.41, 5.74) is 5.11. The third kappa shape index (κ3) is 3.11. The van der Waals surface area contributed by atoms with Gasteiger partial charge in [-0.3, -0.25) is 0 Å². The first kappa shape index (κ1) is 21.2. The fourth-order valence-corrected chi connectivity index (χ4v) is 6.32. The van der Waals surface area contributed by atoms with Gasteiger partial charge >= 0.3 is 0 Å². The predicted octanol–water partition coefficient (Wildman–Crippen LogP) is 10.8. The molecule has 0 atom stereocenters. The highest BCUT2D eigenvalue weighted by Gasteiger charge is 2.17. The lowest BCUT2D eigenvalue weighted by molar-refractivity contribution is 1.66. The van der Waals surface area contributed by atoms with Gasteiger partial charge in [-0.1, -0.05) is 146 Å². The maximum atomic E-state index is 2.34. The van der Waals surface area contributed by atoms with E-state index < -0.39 is 0 Å². The van der Waals surface area contributed by atoms with Gasteiger partial charge in [0.2, 0.25) is 0 Å². The van der Waals surface area contributed by atoms with Gasteiger partial charge in [-0.2, -0.15) is 0 Å². The SMILES string of the molecule is c1ccc2c(-c3ccc4c(ccc5ccccc54)c3-c3cccc4c3ccc3ccccc34)cccc2c1. The summed E-state index contributed by atoms with van der Waals surface area (Å²) in [5, 5.41) is 12.8. The molecule has 38 heavy (non-hydrogen) atoms. The number of hydrogen-bond acceptors (Lipinski definition) is 0. The number of hydrogen-bond donors (Lipinski definition) is 0. The van der Waals surface area contributed by atoms with Crippen molar-refractivity contribution in [1.29, 1.82) is 0 Å². The molecule has 0 amide bonds. The number of fused-ring (bicyclic) bond motifs is 7. The summed E-state index contributed by atoms with van der Waals surface area (Å²) in [6.07, 6.45) is 0. The van der Waals surface area contributed by atoms with E-state index in [0.717, 1.165) is 0 Å². The Labute approximate surface area is 221 Å². The van der Waals surface area contributed by atoms with Gasteiger partial charge in [-0.05, 0) is 76.1 Å². The van der Waals surface area contributed by atoms with E-state index in [9.17, 15) is 0 Å². The normalized spacial score (nSPS) is 11.7. The molecular weight excluding hydrogens is 456 g/mol. The predicted molar refractivity (Wildman–Crippen MR) is 165 cm³/mol. The van der Waals surface area contributed by atoms with Crippen molar-refractivity contribution in [1.82, 2.24) is 0 Å². The smallest absolute Gasteiger partial charge is 0.00201 e. The molecule has 0 fully saturated rings. The van der Waals surface area contributed by atoms with Gasteiger partial charge < -0.3 is 0 Å². The Morgan fingerprint density at radius 2 is 0.684 bits per heavy atom. The first-order chi connectivity index (χ1) is 18.9. The van der Waals surface area contributed by atoms with Gasteiger partial charge in [0.25, 0.3) is 0 Å². The molecule has 0 N–H and O–H groups in total. The van der Waals surface area contributed by atoms with Crippen LogP contribution in [0.5, 0.6) is 0 Å². The topological polar surface area (TPSA) is 0 Å². The van der Waals surface area contributed by atoms with Crippen LogP contribution in [0.2, 0.25) is 0 Å². The van der Waals surface area contributed by atoms with E-state index in [-0.39, 0.29) is 0 Å². The molecule has 0 bridgehead atoms. The molecule has 8 aromatic carbocycles. The van der Waals surface area contributed by atoms with Gasteiger partial charge in [-0.15, -0.1) is 0 Å². The third-order valence-corrected chi connectivity index (χ3v) is 8.06. The fraction of sp³-hybridized carbons (Fsp3) is 0. The molecule has 0 unspecified atom stereocenters. The lowest BCUT2D eigenvalue weighted by atomic mass is 9.84. The average Bonchev–Trinajstić information content (AvgIpc) is 2.99. The van der Waals surface area contributed by atoms with Crippen LogP contribution in [0.3, 0.4) is 0 Å². The largest absolute Gasteiger partial charge is 0.0616 e. The third-order valence-electron chi connectivity index (χ3n) is 8.06. The van der Waals surface area contributed by atoms with Gasteiger partial charge in [0.1, 0.15) is 0 Å². The van der Waals surface area contributed by atoms with Crippen molar-refractivity contribution >= 4 is 53.9 Å². The van der Waals surface area contributed by atoms with Crippen LogP contribution in [-0.4, -0.2) is 0 Å². The van der Waals surface area contributed by atoms with Crippen LogP contribution in [0.4, 0.5) is 0 Å². The van der Waals surface area contributed by atoms with E-state index in [4.69, 9.17) is 0 Å². The Bertz CT molecular complexity index is 2180. The van der Waals surface area contributed by atoms with E-state index in [2.05, 4.69) is 146 Å². The van der Waals surface area contributed by atoms with Crippen molar-refractivity contribution in [2.45, 2.75) is 0 Å². The summed E-state index contributed by atoms with van der Waals surface area (Å²) >= 11 is 0. The van der Waals surface area contributed by atoms with Crippen LogP contribution in [0.15, 0.2) is 146 Å². The Morgan fingerprint density at radius 1 is 0.211 bits per heavy atom. The standard InChI is InChI=1S/C38H24/c1-4-13-28-25(9-1)12-7-16-32(28)37-24-23-33-30-15-6-3-11-27(30)20-22-36(33)38(37)35-18-8-17-31-29-14-5-2-10-26(29)19-21-34(31)35/h1-24H. The fourth-order valence-electron chi connectivity index (χ4n) is 6.32. The van der Waals surface area contributed by atoms with Crippen molar-refractivity contribution in [3.05, 3.63) is 146 Å². The highest BCUT2D eigenvalue weighted by Crippen LogP contribution is 2.45. The molecule has 0 aliphatic rings. The van der Waals surface area contributed by atoms with Crippen LogP contribution in [0, 0.1) is 0 Å². The van der Waals surface area contributed by atoms with Crippen molar-refractivity contribution in [2.75, 3.05) is 0 Å². The second-order valence-electron chi connectivity index (χ2n) is 10.1. The zero-order valence-corrected chi connectivity index (χ0v) is 20.9. The lowest BCUT2D eigenvalue weighted by Crippen LogP contribution is -1.92. The Balaban J connectivity index is 1.56. The molecule has 176 valence electrons. The van der Waals surface area contributed by atoms with Crippen molar-refractivity contribution < 1.29 is 0 Å². The van der Waals surface area contributed by atoms with E-state index in [1.807, 2.05) is 0 Å². The molecule has 0 heterocycles. The minimum Gasteiger partial charge on any atom is -0.0616 e. The van der Waals surface area contributed by atoms with Crippen molar-refractivity contribution in [3.8, 4) is 22.3 Å². The minimum atomic E-state index is 1.26.